The number of hydrogen-bond acceptors (Lipinski definition) is 4. The Morgan fingerprint density at radius 1 is 0.920 bits per heavy atom. The summed E-state index contributed by atoms with van der Waals surface area (Å²) in [7, 11) is 0. The number of para-hydroxylation sites is 1. The van der Waals surface area contributed by atoms with Gasteiger partial charge in [-0.2, -0.15) is 4.98 Å². The summed E-state index contributed by atoms with van der Waals surface area (Å²) in [5, 5.41) is 3.43. The number of nitrogens with one attached hydrogen (secondary N) is 1. The van der Waals surface area contributed by atoms with Crippen LogP contribution >= 0.6 is 0 Å². The van der Waals surface area contributed by atoms with Gasteiger partial charge in [-0.3, -0.25) is 0 Å². The van der Waals surface area contributed by atoms with Gasteiger partial charge in [-0.1, -0.05) is 48.5 Å². The Bertz CT molecular complexity index is 788. The van der Waals surface area contributed by atoms with Crippen molar-refractivity contribution in [3.8, 4) is 0 Å². The quantitative estimate of drug-likeness (QED) is 0.686. The van der Waals surface area contributed by atoms with Crippen LogP contribution in [-0.4, -0.2) is 23.1 Å². The van der Waals surface area contributed by atoms with Crippen LogP contribution in [0.15, 0.2) is 66.7 Å². The maximum Gasteiger partial charge on any atom is 0.232 e. The first kappa shape index (κ1) is 17.0. The molecule has 0 aliphatic rings. The number of nitrogens with zero attached hydrogens (tertiary/aromatic N) is 3. The molecular formula is C21H24N4. The average molecular weight is 332 g/mol. The molecule has 3 aromatic rings. The summed E-state index contributed by atoms with van der Waals surface area (Å²) in [6.45, 7) is 5.78. The molecule has 128 valence electrons. The van der Waals surface area contributed by atoms with Gasteiger partial charge in [-0.05, 0) is 38.0 Å². The van der Waals surface area contributed by atoms with Crippen LogP contribution in [0.2, 0.25) is 0 Å². The van der Waals surface area contributed by atoms with Crippen LogP contribution < -0.4 is 10.2 Å². The van der Waals surface area contributed by atoms with E-state index in [2.05, 4.69) is 58.5 Å². The lowest BCUT2D eigenvalue weighted by Gasteiger charge is -2.22. The molecule has 1 heterocycles. The molecule has 4 heteroatoms. The van der Waals surface area contributed by atoms with E-state index in [0.717, 1.165) is 42.7 Å². The van der Waals surface area contributed by atoms with Gasteiger partial charge in [0.1, 0.15) is 5.82 Å². The predicted molar refractivity (Wildman–Crippen MR) is 105 cm³/mol. The molecule has 0 aliphatic heterocycles. The minimum Gasteiger partial charge on any atom is -0.370 e. The molecule has 0 saturated carbocycles. The maximum atomic E-state index is 4.72. The molecule has 1 N–H and O–H groups in total. The first-order valence-electron chi connectivity index (χ1n) is 8.72. The second-order valence-corrected chi connectivity index (χ2v) is 5.94. The summed E-state index contributed by atoms with van der Waals surface area (Å²) >= 11 is 0. The van der Waals surface area contributed by atoms with Gasteiger partial charge in [0, 0.05) is 30.5 Å². The fourth-order valence-electron chi connectivity index (χ4n) is 2.79. The van der Waals surface area contributed by atoms with Crippen molar-refractivity contribution in [2.24, 2.45) is 0 Å². The molecule has 0 spiro atoms. The highest BCUT2D eigenvalue weighted by Gasteiger charge is 2.11. The summed E-state index contributed by atoms with van der Waals surface area (Å²) in [5.41, 5.74) is 3.38. The standard InChI is InChI=1S/C21H24N4/c1-3-25(19-12-8-5-9-13-19)21-23-17(2)16-20(24-21)22-15-14-18-10-6-4-7-11-18/h4-13,16H,3,14-15H2,1-2H3,(H,22,23,24). The van der Waals surface area contributed by atoms with Gasteiger partial charge in [0.25, 0.3) is 0 Å². The van der Waals surface area contributed by atoms with Gasteiger partial charge in [0.2, 0.25) is 5.95 Å². The van der Waals surface area contributed by atoms with E-state index in [1.807, 2.05) is 37.3 Å². The molecule has 0 amide bonds. The fraction of sp³-hybridized carbons (Fsp3) is 0.238. The largest absolute Gasteiger partial charge is 0.370 e. The van der Waals surface area contributed by atoms with Crippen molar-refractivity contribution in [1.29, 1.82) is 0 Å². The summed E-state index contributed by atoms with van der Waals surface area (Å²) in [6, 6.07) is 22.7. The molecule has 0 saturated heterocycles. The van der Waals surface area contributed by atoms with Crippen LogP contribution in [0.25, 0.3) is 0 Å². The molecule has 0 aliphatic carbocycles. The van der Waals surface area contributed by atoms with E-state index in [1.54, 1.807) is 0 Å². The van der Waals surface area contributed by atoms with Crippen LogP contribution in [0.4, 0.5) is 17.5 Å². The van der Waals surface area contributed by atoms with Gasteiger partial charge in [-0.25, -0.2) is 4.98 Å². The lowest BCUT2D eigenvalue weighted by Crippen LogP contribution is -2.20. The number of anilines is 3. The minimum absolute atomic E-state index is 0.732. The molecule has 0 unspecified atom stereocenters. The molecule has 4 nitrogen and oxygen atoms in total. The van der Waals surface area contributed by atoms with Gasteiger partial charge >= 0.3 is 0 Å². The SMILES string of the molecule is CCN(c1ccccc1)c1nc(C)cc(NCCc2ccccc2)n1. The zero-order valence-electron chi connectivity index (χ0n) is 14.8. The van der Waals surface area contributed by atoms with Crippen molar-refractivity contribution in [3.63, 3.8) is 0 Å². The van der Waals surface area contributed by atoms with Crippen molar-refractivity contribution in [2.45, 2.75) is 20.3 Å². The zero-order chi connectivity index (χ0) is 17.5. The molecule has 25 heavy (non-hydrogen) atoms. The highest BCUT2D eigenvalue weighted by atomic mass is 15.3. The molecule has 0 fully saturated rings. The van der Waals surface area contributed by atoms with E-state index in [-0.39, 0.29) is 0 Å². The summed E-state index contributed by atoms with van der Waals surface area (Å²) in [6.07, 6.45) is 0.968. The lowest BCUT2D eigenvalue weighted by atomic mass is 10.1. The number of rotatable bonds is 7. The maximum absolute atomic E-state index is 4.72. The Balaban J connectivity index is 1.73. The Kier molecular flexibility index (Phi) is 5.62. The fourth-order valence-corrected chi connectivity index (χ4v) is 2.79. The van der Waals surface area contributed by atoms with Crippen LogP contribution in [0, 0.1) is 6.92 Å². The minimum atomic E-state index is 0.732. The Labute approximate surface area is 149 Å². The monoisotopic (exact) mass is 332 g/mol. The predicted octanol–water partition coefficient (Wildman–Crippen LogP) is 4.60. The molecular weight excluding hydrogens is 308 g/mol. The smallest absolute Gasteiger partial charge is 0.232 e. The van der Waals surface area contributed by atoms with E-state index in [4.69, 9.17) is 4.98 Å². The second-order valence-electron chi connectivity index (χ2n) is 5.94. The zero-order valence-corrected chi connectivity index (χ0v) is 14.8. The summed E-state index contributed by atoms with van der Waals surface area (Å²) < 4.78 is 0. The van der Waals surface area contributed by atoms with E-state index < -0.39 is 0 Å². The van der Waals surface area contributed by atoms with Gasteiger partial charge < -0.3 is 10.2 Å². The van der Waals surface area contributed by atoms with Crippen molar-refractivity contribution >= 4 is 17.5 Å². The van der Waals surface area contributed by atoms with Crippen LogP contribution in [0.3, 0.4) is 0 Å². The first-order valence-corrected chi connectivity index (χ1v) is 8.72. The first-order chi connectivity index (χ1) is 12.3. The van der Waals surface area contributed by atoms with Gasteiger partial charge in [0.05, 0.1) is 0 Å². The molecule has 0 bridgehead atoms. The number of aromatic nitrogens is 2. The number of aryl methyl sites for hydroxylation is 1. The van der Waals surface area contributed by atoms with Gasteiger partial charge in [-0.15, -0.1) is 0 Å². The Morgan fingerprint density at radius 2 is 1.60 bits per heavy atom. The van der Waals surface area contributed by atoms with E-state index in [1.165, 1.54) is 5.56 Å². The number of benzene rings is 2. The van der Waals surface area contributed by atoms with Crippen LogP contribution in [0.1, 0.15) is 18.2 Å². The molecule has 1 aromatic heterocycles. The third-order valence-electron chi connectivity index (χ3n) is 4.03. The Morgan fingerprint density at radius 3 is 2.28 bits per heavy atom. The van der Waals surface area contributed by atoms with E-state index >= 15 is 0 Å². The molecule has 0 radical (unpaired) electrons. The molecule has 2 aromatic carbocycles. The number of hydrogen-bond donors (Lipinski definition) is 1. The molecule has 0 atom stereocenters. The second kappa shape index (κ2) is 8.29. The lowest BCUT2D eigenvalue weighted by molar-refractivity contribution is 0.925. The van der Waals surface area contributed by atoms with Crippen molar-refractivity contribution in [2.75, 3.05) is 23.3 Å². The van der Waals surface area contributed by atoms with E-state index in [9.17, 15) is 0 Å². The van der Waals surface area contributed by atoms with E-state index in [0.29, 0.717) is 0 Å². The van der Waals surface area contributed by atoms with Gasteiger partial charge in [0.15, 0.2) is 0 Å². The van der Waals surface area contributed by atoms with Crippen molar-refractivity contribution in [1.82, 2.24) is 9.97 Å². The van der Waals surface area contributed by atoms with Crippen molar-refractivity contribution in [3.05, 3.63) is 78.0 Å². The average Bonchev–Trinajstić information content (AvgIpc) is 2.64. The third-order valence-corrected chi connectivity index (χ3v) is 4.03. The normalized spacial score (nSPS) is 10.5. The third kappa shape index (κ3) is 4.57. The highest BCUT2D eigenvalue weighted by Crippen LogP contribution is 2.23. The highest BCUT2D eigenvalue weighted by molar-refractivity contribution is 5.58. The van der Waals surface area contributed by atoms with Crippen LogP contribution in [0.5, 0.6) is 0 Å². The molecule has 3 rings (SSSR count). The summed E-state index contributed by atoms with van der Waals surface area (Å²) in [5.74, 6) is 1.60. The Hall–Kier alpha value is -2.88. The topological polar surface area (TPSA) is 41.1 Å². The summed E-state index contributed by atoms with van der Waals surface area (Å²) in [4.78, 5) is 11.5. The van der Waals surface area contributed by atoms with Crippen molar-refractivity contribution < 1.29 is 0 Å². The van der Waals surface area contributed by atoms with Crippen LogP contribution in [-0.2, 0) is 6.42 Å².